The second-order valence-corrected chi connectivity index (χ2v) is 3.18. The summed E-state index contributed by atoms with van der Waals surface area (Å²) in [5.41, 5.74) is 8.10. The first kappa shape index (κ1) is 8.90. The van der Waals surface area contributed by atoms with Crippen molar-refractivity contribution >= 4 is 0 Å². The van der Waals surface area contributed by atoms with Gasteiger partial charge in [0.25, 0.3) is 0 Å². The first-order chi connectivity index (χ1) is 6.77. The van der Waals surface area contributed by atoms with Gasteiger partial charge in [-0.3, -0.25) is 0 Å². The number of nitrogens with two attached hydrogens (primary N) is 1. The topological polar surface area (TPSA) is 64.9 Å². The molecule has 1 heterocycles. The van der Waals surface area contributed by atoms with Crippen molar-refractivity contribution in [2.24, 2.45) is 5.73 Å². The lowest BCUT2D eigenvalue weighted by Crippen LogP contribution is -2.13. The van der Waals surface area contributed by atoms with E-state index < -0.39 is 0 Å². The Balaban J connectivity index is 2.32. The van der Waals surface area contributed by atoms with Gasteiger partial charge < -0.3 is 10.3 Å². The van der Waals surface area contributed by atoms with Gasteiger partial charge in [0.2, 0.25) is 6.39 Å². The zero-order valence-corrected chi connectivity index (χ0v) is 7.84. The minimum Gasteiger partial charge on any atom is -0.343 e. The van der Waals surface area contributed by atoms with E-state index in [2.05, 4.69) is 14.7 Å². The van der Waals surface area contributed by atoms with Gasteiger partial charge >= 0.3 is 0 Å². The van der Waals surface area contributed by atoms with E-state index in [9.17, 15) is 0 Å². The molecule has 0 amide bonds. The van der Waals surface area contributed by atoms with Gasteiger partial charge in [-0.05, 0) is 12.5 Å². The van der Waals surface area contributed by atoms with Gasteiger partial charge in [0.1, 0.15) is 0 Å². The van der Waals surface area contributed by atoms with Crippen LogP contribution < -0.4 is 5.73 Å². The molecule has 1 aromatic heterocycles. The quantitative estimate of drug-likeness (QED) is 0.776. The van der Waals surface area contributed by atoms with Crippen LogP contribution in [0, 0.1) is 6.92 Å². The van der Waals surface area contributed by atoms with E-state index in [-0.39, 0.29) is 6.04 Å². The number of aromatic nitrogens is 2. The normalized spacial score (nSPS) is 12.7. The molecule has 1 unspecified atom stereocenters. The molecule has 0 aliphatic carbocycles. The van der Waals surface area contributed by atoms with Crippen LogP contribution in [0.3, 0.4) is 0 Å². The maximum atomic E-state index is 5.94. The van der Waals surface area contributed by atoms with Gasteiger partial charge in [-0.1, -0.05) is 35.0 Å². The first-order valence-corrected chi connectivity index (χ1v) is 4.36. The molecule has 2 aromatic rings. The van der Waals surface area contributed by atoms with E-state index in [0.717, 1.165) is 5.56 Å². The molecule has 0 bridgehead atoms. The fraction of sp³-hybridized carbons (Fsp3) is 0.200. The van der Waals surface area contributed by atoms with E-state index in [4.69, 9.17) is 5.73 Å². The van der Waals surface area contributed by atoms with E-state index in [0.29, 0.717) is 5.82 Å². The second-order valence-electron chi connectivity index (χ2n) is 3.18. The minimum absolute atomic E-state index is 0.311. The average Bonchev–Trinajstić information content (AvgIpc) is 2.69. The largest absolute Gasteiger partial charge is 0.343 e. The highest BCUT2D eigenvalue weighted by molar-refractivity contribution is 5.28. The number of nitrogens with zero attached hydrogens (tertiary/aromatic N) is 2. The third-order valence-electron chi connectivity index (χ3n) is 2.06. The summed E-state index contributed by atoms with van der Waals surface area (Å²) in [6, 6.07) is 7.64. The number of benzene rings is 1. The smallest absolute Gasteiger partial charge is 0.213 e. The van der Waals surface area contributed by atoms with Crippen LogP contribution in [-0.2, 0) is 0 Å². The number of hydrogen-bond donors (Lipinski definition) is 1. The van der Waals surface area contributed by atoms with Gasteiger partial charge in [-0.25, -0.2) is 0 Å². The molecular formula is C10H11N3O. The predicted molar refractivity (Wildman–Crippen MR) is 51.5 cm³/mol. The molecule has 0 spiro atoms. The molecule has 1 aromatic carbocycles. The molecule has 4 nitrogen and oxygen atoms in total. The Kier molecular flexibility index (Phi) is 2.28. The van der Waals surface area contributed by atoms with Crippen molar-refractivity contribution < 1.29 is 4.52 Å². The molecule has 0 aliphatic rings. The lowest BCUT2D eigenvalue weighted by atomic mass is 10.1. The Labute approximate surface area is 81.7 Å². The molecule has 1 atom stereocenters. The van der Waals surface area contributed by atoms with Gasteiger partial charge in [0.05, 0.1) is 6.04 Å². The van der Waals surface area contributed by atoms with Crippen LogP contribution >= 0.6 is 0 Å². The maximum Gasteiger partial charge on any atom is 0.213 e. The van der Waals surface area contributed by atoms with Crippen LogP contribution in [0.4, 0.5) is 0 Å². The SMILES string of the molecule is Cc1cccc(C(N)c2ncon2)c1. The molecular weight excluding hydrogens is 178 g/mol. The highest BCUT2D eigenvalue weighted by Crippen LogP contribution is 2.16. The van der Waals surface area contributed by atoms with Crippen molar-refractivity contribution in [3.63, 3.8) is 0 Å². The molecule has 72 valence electrons. The van der Waals surface area contributed by atoms with Gasteiger partial charge in [-0.15, -0.1) is 0 Å². The van der Waals surface area contributed by atoms with Crippen LogP contribution in [0.15, 0.2) is 35.2 Å². The average molecular weight is 189 g/mol. The maximum absolute atomic E-state index is 5.94. The van der Waals surface area contributed by atoms with Crippen molar-refractivity contribution in [1.82, 2.24) is 10.1 Å². The zero-order chi connectivity index (χ0) is 9.97. The summed E-state index contributed by atoms with van der Waals surface area (Å²) < 4.78 is 4.65. The molecule has 0 saturated carbocycles. The summed E-state index contributed by atoms with van der Waals surface area (Å²) in [7, 11) is 0. The fourth-order valence-electron chi connectivity index (χ4n) is 1.33. The van der Waals surface area contributed by atoms with E-state index >= 15 is 0 Å². The summed E-state index contributed by atoms with van der Waals surface area (Å²) in [5.74, 6) is 0.510. The molecule has 2 N–H and O–H groups in total. The number of aryl methyl sites for hydroxylation is 1. The van der Waals surface area contributed by atoms with Crippen molar-refractivity contribution in [1.29, 1.82) is 0 Å². The lowest BCUT2D eigenvalue weighted by Gasteiger charge is -2.07. The van der Waals surface area contributed by atoms with Crippen LogP contribution in [0.1, 0.15) is 23.0 Å². The van der Waals surface area contributed by atoms with Crippen LogP contribution in [0.2, 0.25) is 0 Å². The number of hydrogen-bond acceptors (Lipinski definition) is 4. The summed E-state index contributed by atoms with van der Waals surface area (Å²) >= 11 is 0. The molecule has 0 fully saturated rings. The summed E-state index contributed by atoms with van der Waals surface area (Å²) in [6.07, 6.45) is 1.28. The Morgan fingerprint density at radius 2 is 2.29 bits per heavy atom. The third-order valence-corrected chi connectivity index (χ3v) is 2.06. The fourth-order valence-corrected chi connectivity index (χ4v) is 1.33. The highest BCUT2D eigenvalue weighted by Gasteiger charge is 2.12. The molecule has 0 saturated heterocycles. The summed E-state index contributed by atoms with van der Waals surface area (Å²) in [4.78, 5) is 3.92. The summed E-state index contributed by atoms with van der Waals surface area (Å²) in [6.45, 7) is 2.02. The standard InChI is InChI=1S/C10H11N3O/c1-7-3-2-4-8(5-7)9(11)10-12-6-14-13-10/h2-6,9H,11H2,1H3. The van der Waals surface area contributed by atoms with E-state index in [1.807, 2.05) is 31.2 Å². The third kappa shape index (κ3) is 1.65. The van der Waals surface area contributed by atoms with E-state index in [1.54, 1.807) is 0 Å². The lowest BCUT2D eigenvalue weighted by molar-refractivity contribution is 0.407. The Morgan fingerprint density at radius 1 is 1.43 bits per heavy atom. The monoisotopic (exact) mass is 189 g/mol. The Hall–Kier alpha value is -1.68. The second kappa shape index (κ2) is 3.59. The van der Waals surface area contributed by atoms with Crippen LogP contribution in [-0.4, -0.2) is 10.1 Å². The Morgan fingerprint density at radius 3 is 2.93 bits per heavy atom. The molecule has 4 heteroatoms. The van der Waals surface area contributed by atoms with Crippen molar-refractivity contribution in [2.75, 3.05) is 0 Å². The van der Waals surface area contributed by atoms with Gasteiger partial charge in [-0.2, -0.15) is 4.98 Å². The number of rotatable bonds is 2. The zero-order valence-electron chi connectivity index (χ0n) is 7.84. The van der Waals surface area contributed by atoms with Crippen molar-refractivity contribution in [3.8, 4) is 0 Å². The van der Waals surface area contributed by atoms with Crippen molar-refractivity contribution in [2.45, 2.75) is 13.0 Å². The molecule has 0 radical (unpaired) electrons. The minimum atomic E-state index is -0.311. The van der Waals surface area contributed by atoms with Gasteiger partial charge in [0.15, 0.2) is 5.82 Å². The summed E-state index contributed by atoms with van der Waals surface area (Å²) in [5, 5.41) is 3.71. The molecule has 2 rings (SSSR count). The molecule has 0 aliphatic heterocycles. The molecule has 14 heavy (non-hydrogen) atoms. The van der Waals surface area contributed by atoms with Crippen LogP contribution in [0.5, 0.6) is 0 Å². The Bertz CT molecular complexity index is 411. The van der Waals surface area contributed by atoms with E-state index in [1.165, 1.54) is 12.0 Å². The van der Waals surface area contributed by atoms with Crippen molar-refractivity contribution in [3.05, 3.63) is 47.6 Å². The van der Waals surface area contributed by atoms with Gasteiger partial charge in [0, 0.05) is 0 Å². The highest BCUT2D eigenvalue weighted by atomic mass is 16.5. The predicted octanol–water partition coefficient (Wildman–Crippen LogP) is 1.43. The van der Waals surface area contributed by atoms with Crippen LogP contribution in [0.25, 0.3) is 0 Å². The first-order valence-electron chi connectivity index (χ1n) is 4.36.